The quantitative estimate of drug-likeness (QED) is 0.624. The van der Waals surface area contributed by atoms with Crippen molar-refractivity contribution in [3.63, 3.8) is 0 Å². The molecule has 0 unspecified atom stereocenters. The fraction of sp³-hybridized carbons (Fsp3) is 0.545. The van der Waals surface area contributed by atoms with E-state index in [1.165, 1.54) is 5.57 Å². The van der Waals surface area contributed by atoms with Crippen LogP contribution in [0.1, 0.15) is 62.9 Å². The van der Waals surface area contributed by atoms with Gasteiger partial charge in [0.15, 0.2) is 0 Å². The smallest absolute Gasteiger partial charge is 0.410 e. The van der Waals surface area contributed by atoms with Gasteiger partial charge in [0, 0.05) is 36.7 Å². The highest BCUT2D eigenvalue weighted by Crippen LogP contribution is 2.32. The first kappa shape index (κ1) is 22.5. The van der Waals surface area contributed by atoms with Gasteiger partial charge in [-0.1, -0.05) is 40.6 Å². The minimum absolute atomic E-state index is 0.0443. The third-order valence-electron chi connectivity index (χ3n) is 4.62. The summed E-state index contributed by atoms with van der Waals surface area (Å²) in [6, 6.07) is 7.71. The first-order chi connectivity index (χ1) is 13.1. The molecule has 2 amide bonds. The van der Waals surface area contributed by atoms with E-state index >= 15 is 0 Å². The van der Waals surface area contributed by atoms with Gasteiger partial charge in [-0.15, -0.1) is 0 Å². The topological polar surface area (TPSA) is 49.9 Å². The summed E-state index contributed by atoms with van der Waals surface area (Å²) in [5.74, 6) is 0.0443. The number of carbonyl (C=O) groups is 2. The normalized spacial score (nSPS) is 14.6. The highest BCUT2D eigenvalue weighted by Gasteiger charge is 2.25. The summed E-state index contributed by atoms with van der Waals surface area (Å²) in [5.41, 5.74) is 2.56. The zero-order valence-corrected chi connectivity index (χ0v) is 19.1. The Kier molecular flexibility index (Phi) is 7.70. The van der Waals surface area contributed by atoms with Gasteiger partial charge in [0.2, 0.25) is 0 Å². The van der Waals surface area contributed by atoms with Crippen molar-refractivity contribution in [2.24, 2.45) is 0 Å². The van der Waals surface area contributed by atoms with Crippen LogP contribution in [0.25, 0.3) is 4.48 Å². The summed E-state index contributed by atoms with van der Waals surface area (Å²) < 4.78 is 6.51. The SMILES string of the molecule is CCCN(C)C(=O)c1ccc(C(Br)=C2CCN(C(=O)OC(C)(C)C)CC2)cc1. The van der Waals surface area contributed by atoms with Gasteiger partial charge in [-0.25, -0.2) is 4.79 Å². The van der Waals surface area contributed by atoms with Crippen molar-refractivity contribution < 1.29 is 14.3 Å². The molecule has 5 nitrogen and oxygen atoms in total. The molecule has 0 saturated carbocycles. The summed E-state index contributed by atoms with van der Waals surface area (Å²) in [6.45, 7) is 9.75. The first-order valence-electron chi connectivity index (χ1n) is 9.83. The fourth-order valence-electron chi connectivity index (χ4n) is 3.13. The van der Waals surface area contributed by atoms with Gasteiger partial charge < -0.3 is 14.5 Å². The summed E-state index contributed by atoms with van der Waals surface area (Å²) in [7, 11) is 1.83. The van der Waals surface area contributed by atoms with Crippen LogP contribution in [0.4, 0.5) is 4.79 Å². The molecule has 0 aromatic heterocycles. The second kappa shape index (κ2) is 9.59. The van der Waals surface area contributed by atoms with Crippen molar-refractivity contribution in [1.29, 1.82) is 0 Å². The number of rotatable bonds is 4. The molecule has 0 spiro atoms. The molecule has 0 aliphatic carbocycles. The fourth-order valence-corrected chi connectivity index (χ4v) is 3.79. The molecule has 1 aliphatic rings. The minimum atomic E-state index is -0.474. The Hall–Kier alpha value is -1.82. The van der Waals surface area contributed by atoms with E-state index in [4.69, 9.17) is 4.74 Å². The van der Waals surface area contributed by atoms with Crippen LogP contribution in [-0.4, -0.2) is 54.1 Å². The van der Waals surface area contributed by atoms with Crippen LogP contribution in [0.5, 0.6) is 0 Å². The number of hydrogen-bond donors (Lipinski definition) is 0. The third-order valence-corrected chi connectivity index (χ3v) is 5.64. The van der Waals surface area contributed by atoms with Crippen LogP contribution in [0.3, 0.4) is 0 Å². The van der Waals surface area contributed by atoms with Gasteiger partial charge in [0.05, 0.1) is 0 Å². The number of carbonyl (C=O) groups excluding carboxylic acids is 2. The van der Waals surface area contributed by atoms with Gasteiger partial charge in [-0.3, -0.25) is 4.79 Å². The molecule has 2 rings (SSSR count). The van der Waals surface area contributed by atoms with E-state index < -0.39 is 5.60 Å². The average Bonchev–Trinajstić information content (AvgIpc) is 2.66. The number of nitrogens with zero attached hydrogens (tertiary/aromatic N) is 2. The van der Waals surface area contributed by atoms with Crippen LogP contribution in [-0.2, 0) is 4.74 Å². The van der Waals surface area contributed by atoms with Crippen molar-refractivity contribution in [1.82, 2.24) is 9.80 Å². The van der Waals surface area contributed by atoms with Gasteiger partial charge in [0.25, 0.3) is 5.91 Å². The molecule has 6 heteroatoms. The van der Waals surface area contributed by atoms with Crippen LogP contribution in [0, 0.1) is 0 Å². The van der Waals surface area contributed by atoms with E-state index in [1.54, 1.807) is 9.80 Å². The number of hydrogen-bond acceptors (Lipinski definition) is 3. The molecule has 0 bridgehead atoms. The Morgan fingerprint density at radius 1 is 1.11 bits per heavy atom. The molecule has 0 radical (unpaired) electrons. The molecule has 1 saturated heterocycles. The third kappa shape index (κ3) is 6.09. The molecular weight excluding hydrogens is 420 g/mol. The molecule has 28 heavy (non-hydrogen) atoms. The van der Waals surface area contributed by atoms with Crippen molar-refractivity contribution >= 4 is 32.4 Å². The maximum absolute atomic E-state index is 12.4. The Morgan fingerprint density at radius 2 is 1.64 bits per heavy atom. The van der Waals surface area contributed by atoms with E-state index in [9.17, 15) is 9.59 Å². The number of ether oxygens (including phenoxy) is 1. The lowest BCUT2D eigenvalue weighted by atomic mass is 10.0. The van der Waals surface area contributed by atoms with Crippen molar-refractivity contribution in [2.45, 2.75) is 52.6 Å². The first-order valence-corrected chi connectivity index (χ1v) is 10.6. The molecule has 1 fully saturated rings. The summed E-state index contributed by atoms with van der Waals surface area (Å²) in [4.78, 5) is 28.1. The summed E-state index contributed by atoms with van der Waals surface area (Å²) >= 11 is 3.72. The average molecular weight is 451 g/mol. The maximum Gasteiger partial charge on any atom is 0.410 e. The molecular formula is C22H31BrN2O3. The zero-order valence-electron chi connectivity index (χ0n) is 17.5. The van der Waals surface area contributed by atoms with E-state index in [0.29, 0.717) is 18.7 Å². The molecule has 0 N–H and O–H groups in total. The van der Waals surface area contributed by atoms with Gasteiger partial charge >= 0.3 is 6.09 Å². The van der Waals surface area contributed by atoms with E-state index in [1.807, 2.05) is 52.1 Å². The lowest BCUT2D eigenvalue weighted by Crippen LogP contribution is -2.40. The van der Waals surface area contributed by atoms with E-state index in [-0.39, 0.29) is 12.0 Å². The van der Waals surface area contributed by atoms with Gasteiger partial charge in [0.1, 0.15) is 5.60 Å². The predicted octanol–water partition coefficient (Wildman–Crippen LogP) is 5.31. The molecule has 1 aromatic carbocycles. The summed E-state index contributed by atoms with van der Waals surface area (Å²) in [5, 5.41) is 0. The zero-order chi connectivity index (χ0) is 20.9. The number of piperidine rings is 1. The lowest BCUT2D eigenvalue weighted by molar-refractivity contribution is 0.0236. The van der Waals surface area contributed by atoms with Crippen LogP contribution in [0.15, 0.2) is 29.8 Å². The summed E-state index contributed by atoms with van der Waals surface area (Å²) in [6.07, 6.45) is 2.30. The monoisotopic (exact) mass is 450 g/mol. The molecule has 0 atom stereocenters. The molecule has 1 aromatic rings. The molecule has 1 heterocycles. The predicted molar refractivity (Wildman–Crippen MR) is 117 cm³/mol. The van der Waals surface area contributed by atoms with Crippen molar-refractivity contribution in [3.05, 3.63) is 41.0 Å². The number of likely N-dealkylation sites (tertiary alicyclic amines) is 1. The van der Waals surface area contributed by atoms with Crippen molar-refractivity contribution in [2.75, 3.05) is 26.7 Å². The van der Waals surface area contributed by atoms with Crippen LogP contribution >= 0.6 is 15.9 Å². The second-order valence-electron chi connectivity index (χ2n) is 8.19. The van der Waals surface area contributed by atoms with Crippen molar-refractivity contribution in [3.8, 4) is 0 Å². The highest BCUT2D eigenvalue weighted by atomic mass is 79.9. The number of amides is 2. The largest absolute Gasteiger partial charge is 0.444 e. The van der Waals surface area contributed by atoms with Crippen LogP contribution < -0.4 is 0 Å². The molecule has 1 aliphatic heterocycles. The standard InChI is InChI=1S/C22H31BrN2O3/c1-6-13-24(5)20(26)18-9-7-16(8-10-18)19(23)17-11-14-25(15-12-17)21(27)28-22(2,3)4/h7-10H,6,11-15H2,1-5H3. The minimum Gasteiger partial charge on any atom is -0.444 e. The Balaban J connectivity index is 2.02. The van der Waals surface area contributed by atoms with E-state index in [2.05, 4.69) is 22.9 Å². The van der Waals surface area contributed by atoms with Crippen LogP contribution in [0.2, 0.25) is 0 Å². The van der Waals surface area contributed by atoms with Gasteiger partial charge in [-0.05, 0) is 57.7 Å². The van der Waals surface area contributed by atoms with Gasteiger partial charge in [-0.2, -0.15) is 0 Å². The Morgan fingerprint density at radius 3 is 2.14 bits per heavy atom. The van der Waals surface area contributed by atoms with E-state index in [0.717, 1.165) is 35.9 Å². The Bertz CT molecular complexity index is 725. The lowest BCUT2D eigenvalue weighted by Gasteiger charge is -2.31. The number of halogens is 1. The maximum atomic E-state index is 12.4. The number of benzene rings is 1. The highest BCUT2D eigenvalue weighted by molar-refractivity contribution is 9.15. The Labute approximate surface area is 176 Å². The molecule has 154 valence electrons. The second-order valence-corrected chi connectivity index (χ2v) is 8.98.